The van der Waals surface area contributed by atoms with Crippen molar-refractivity contribution in [2.75, 3.05) is 84.5 Å². The highest BCUT2D eigenvalue weighted by Gasteiger charge is 2.26. The maximum Gasteiger partial charge on any atom is 0.328 e. The van der Waals surface area contributed by atoms with Gasteiger partial charge in [0, 0.05) is 31.6 Å². The third kappa shape index (κ3) is 9.61. The number of benzene rings is 1. The summed E-state index contributed by atoms with van der Waals surface area (Å²) in [5, 5.41) is 5.03. The van der Waals surface area contributed by atoms with Gasteiger partial charge in [-0.3, -0.25) is 19.8 Å². The SMILES string of the molecule is COc1cc(C(=O)NCCOCCOCCOCCOCCN)ccc1N1CCC(=O)NC1=O. The molecule has 1 saturated heterocycles. The third-order valence-electron chi connectivity index (χ3n) is 4.70. The number of nitrogens with two attached hydrogens (primary N) is 1. The maximum absolute atomic E-state index is 12.4. The number of hydrogen-bond donors (Lipinski definition) is 3. The Morgan fingerprint density at radius 2 is 1.62 bits per heavy atom. The van der Waals surface area contributed by atoms with Gasteiger partial charge in [0.2, 0.25) is 5.91 Å². The molecule has 0 aliphatic carbocycles. The van der Waals surface area contributed by atoms with Crippen molar-refractivity contribution in [3.63, 3.8) is 0 Å². The Kier molecular flexibility index (Phi) is 12.9. The van der Waals surface area contributed by atoms with Crippen LogP contribution in [0.2, 0.25) is 0 Å². The fraction of sp³-hybridized carbons (Fsp3) is 0.591. The molecule has 190 valence electrons. The summed E-state index contributed by atoms with van der Waals surface area (Å²) in [5.74, 6) is -0.257. The highest BCUT2D eigenvalue weighted by Crippen LogP contribution is 2.30. The van der Waals surface area contributed by atoms with Crippen LogP contribution in [0.5, 0.6) is 5.75 Å². The minimum absolute atomic E-state index is 0.195. The predicted octanol–water partition coefficient (Wildman–Crippen LogP) is -0.104. The Balaban J connectivity index is 1.60. The number of anilines is 1. The number of urea groups is 1. The van der Waals surface area contributed by atoms with E-state index >= 15 is 0 Å². The number of methoxy groups -OCH3 is 1. The Morgan fingerprint density at radius 1 is 1.00 bits per heavy atom. The monoisotopic (exact) mass is 482 g/mol. The molecule has 0 bridgehead atoms. The molecule has 1 aromatic rings. The molecule has 1 fully saturated rings. The van der Waals surface area contributed by atoms with Gasteiger partial charge in [-0.15, -0.1) is 0 Å². The summed E-state index contributed by atoms with van der Waals surface area (Å²) < 4.78 is 26.7. The average Bonchev–Trinajstić information content (AvgIpc) is 2.84. The lowest BCUT2D eigenvalue weighted by Gasteiger charge is -2.28. The molecule has 0 saturated carbocycles. The van der Waals surface area contributed by atoms with Crippen LogP contribution in [-0.2, 0) is 23.7 Å². The Bertz CT molecular complexity index is 792. The van der Waals surface area contributed by atoms with Crippen LogP contribution in [0.4, 0.5) is 10.5 Å². The number of imide groups is 1. The molecule has 0 aromatic heterocycles. The van der Waals surface area contributed by atoms with Gasteiger partial charge in [-0.1, -0.05) is 0 Å². The molecule has 1 aromatic carbocycles. The minimum Gasteiger partial charge on any atom is -0.495 e. The van der Waals surface area contributed by atoms with E-state index in [0.717, 1.165) is 0 Å². The first-order valence-corrected chi connectivity index (χ1v) is 11.2. The highest BCUT2D eigenvalue weighted by molar-refractivity contribution is 6.06. The first-order valence-electron chi connectivity index (χ1n) is 11.2. The van der Waals surface area contributed by atoms with Gasteiger partial charge in [0.1, 0.15) is 5.75 Å². The van der Waals surface area contributed by atoms with Crippen LogP contribution < -0.4 is 26.0 Å². The molecule has 1 heterocycles. The van der Waals surface area contributed by atoms with Gasteiger partial charge in [0.15, 0.2) is 0 Å². The molecule has 0 unspecified atom stereocenters. The Hall–Kier alpha value is -2.77. The van der Waals surface area contributed by atoms with Crippen molar-refractivity contribution >= 4 is 23.5 Å². The second-order valence-corrected chi connectivity index (χ2v) is 7.14. The van der Waals surface area contributed by atoms with Gasteiger partial charge in [-0.05, 0) is 18.2 Å². The number of amides is 4. The zero-order chi connectivity index (χ0) is 24.6. The maximum atomic E-state index is 12.4. The van der Waals surface area contributed by atoms with Crippen molar-refractivity contribution < 1.29 is 38.1 Å². The number of nitrogens with one attached hydrogen (secondary N) is 2. The predicted molar refractivity (Wildman–Crippen MR) is 123 cm³/mol. The van der Waals surface area contributed by atoms with E-state index in [1.165, 1.54) is 12.0 Å². The molecule has 0 atom stereocenters. The lowest BCUT2D eigenvalue weighted by atomic mass is 10.1. The molecule has 4 N–H and O–H groups in total. The summed E-state index contributed by atoms with van der Waals surface area (Å²) in [5.41, 5.74) is 6.18. The zero-order valence-electron chi connectivity index (χ0n) is 19.5. The normalized spacial score (nSPS) is 13.6. The van der Waals surface area contributed by atoms with Crippen LogP contribution >= 0.6 is 0 Å². The summed E-state index contributed by atoms with van der Waals surface area (Å²) in [4.78, 5) is 37.2. The molecule has 2 rings (SSSR count). The molecule has 0 radical (unpaired) electrons. The van der Waals surface area contributed by atoms with Gasteiger partial charge in [0.05, 0.1) is 65.7 Å². The van der Waals surface area contributed by atoms with E-state index in [0.29, 0.717) is 82.9 Å². The number of hydrogen-bond acceptors (Lipinski definition) is 9. The fourth-order valence-electron chi connectivity index (χ4n) is 3.02. The van der Waals surface area contributed by atoms with E-state index in [-0.39, 0.29) is 24.8 Å². The molecule has 0 spiro atoms. The largest absolute Gasteiger partial charge is 0.495 e. The lowest BCUT2D eigenvalue weighted by Crippen LogP contribution is -2.49. The van der Waals surface area contributed by atoms with Crippen molar-refractivity contribution in [2.24, 2.45) is 5.73 Å². The number of carbonyl (C=O) groups is 3. The molecule has 1 aliphatic rings. The van der Waals surface area contributed by atoms with Crippen molar-refractivity contribution in [1.29, 1.82) is 0 Å². The Morgan fingerprint density at radius 3 is 2.21 bits per heavy atom. The van der Waals surface area contributed by atoms with Gasteiger partial charge in [-0.25, -0.2) is 4.79 Å². The molecule has 12 nitrogen and oxygen atoms in total. The minimum atomic E-state index is -0.520. The fourth-order valence-corrected chi connectivity index (χ4v) is 3.02. The summed E-state index contributed by atoms with van der Waals surface area (Å²) in [6.07, 6.45) is 0.195. The average molecular weight is 483 g/mol. The Labute approximate surface area is 199 Å². The van der Waals surface area contributed by atoms with Gasteiger partial charge >= 0.3 is 6.03 Å². The molecular formula is C22H34N4O8. The van der Waals surface area contributed by atoms with Gasteiger partial charge in [0.25, 0.3) is 5.91 Å². The summed E-state index contributed by atoms with van der Waals surface area (Å²) in [6, 6.07) is 4.25. The highest BCUT2D eigenvalue weighted by atomic mass is 16.6. The smallest absolute Gasteiger partial charge is 0.328 e. The molecule has 12 heteroatoms. The van der Waals surface area contributed by atoms with E-state index in [2.05, 4.69) is 10.6 Å². The van der Waals surface area contributed by atoms with Crippen LogP contribution in [0.15, 0.2) is 18.2 Å². The summed E-state index contributed by atoms with van der Waals surface area (Å²) >= 11 is 0. The van der Waals surface area contributed by atoms with Crippen molar-refractivity contribution in [3.8, 4) is 5.75 Å². The molecular weight excluding hydrogens is 448 g/mol. The van der Waals surface area contributed by atoms with E-state index in [1.807, 2.05) is 0 Å². The standard InChI is InChI=1S/C22H34N4O8/c1-30-19-16-17(2-3-18(19)26-7-4-20(27)25-22(26)29)21(28)24-6-9-32-11-13-34-15-14-33-12-10-31-8-5-23/h2-3,16H,4-15,23H2,1H3,(H,24,28)(H,25,27,29). The van der Waals surface area contributed by atoms with Crippen LogP contribution in [0, 0.1) is 0 Å². The van der Waals surface area contributed by atoms with E-state index in [1.54, 1.807) is 18.2 Å². The van der Waals surface area contributed by atoms with Gasteiger partial charge < -0.3 is 34.7 Å². The van der Waals surface area contributed by atoms with Crippen molar-refractivity contribution in [2.45, 2.75) is 6.42 Å². The third-order valence-corrected chi connectivity index (χ3v) is 4.70. The van der Waals surface area contributed by atoms with Crippen LogP contribution in [0.3, 0.4) is 0 Å². The molecule has 34 heavy (non-hydrogen) atoms. The van der Waals surface area contributed by atoms with E-state index in [4.69, 9.17) is 29.4 Å². The summed E-state index contributed by atoms with van der Waals surface area (Å²) in [7, 11) is 1.45. The lowest BCUT2D eigenvalue weighted by molar-refractivity contribution is -0.120. The second kappa shape index (κ2) is 16.0. The number of rotatable bonds is 17. The number of ether oxygens (including phenoxy) is 5. The molecule has 4 amide bonds. The number of carbonyl (C=O) groups excluding carboxylic acids is 3. The topological polar surface area (TPSA) is 151 Å². The summed E-state index contributed by atoms with van der Waals surface area (Å²) in [6.45, 7) is 4.71. The first kappa shape index (κ1) is 27.5. The number of nitrogens with zero attached hydrogens (tertiary/aromatic N) is 1. The quantitative estimate of drug-likeness (QED) is 0.259. The van der Waals surface area contributed by atoms with Crippen LogP contribution in [0.1, 0.15) is 16.8 Å². The second-order valence-electron chi connectivity index (χ2n) is 7.14. The van der Waals surface area contributed by atoms with Crippen molar-refractivity contribution in [1.82, 2.24) is 10.6 Å². The van der Waals surface area contributed by atoms with Gasteiger partial charge in [-0.2, -0.15) is 0 Å². The van der Waals surface area contributed by atoms with E-state index in [9.17, 15) is 14.4 Å². The molecule has 1 aliphatic heterocycles. The van der Waals surface area contributed by atoms with Crippen LogP contribution in [0.25, 0.3) is 0 Å². The van der Waals surface area contributed by atoms with E-state index < -0.39 is 6.03 Å². The zero-order valence-corrected chi connectivity index (χ0v) is 19.5. The first-order chi connectivity index (χ1) is 16.6. The van der Waals surface area contributed by atoms with Crippen LogP contribution in [-0.4, -0.2) is 97.4 Å². The van der Waals surface area contributed by atoms with Crippen molar-refractivity contribution in [3.05, 3.63) is 23.8 Å².